The van der Waals surface area contributed by atoms with Crippen LogP contribution in [0.25, 0.3) is 0 Å². The number of rotatable bonds is 4. The Morgan fingerprint density at radius 3 is 2.45 bits per heavy atom. The molecule has 0 aromatic heterocycles. The smallest absolute Gasteiger partial charge is 0.100 e. The third kappa shape index (κ3) is 3.03. The highest BCUT2D eigenvalue weighted by Crippen LogP contribution is 1.97. The lowest BCUT2D eigenvalue weighted by atomic mass is 10.4. The summed E-state index contributed by atoms with van der Waals surface area (Å²) >= 11 is 0. The van der Waals surface area contributed by atoms with E-state index < -0.39 is 0 Å². The summed E-state index contributed by atoms with van der Waals surface area (Å²) in [6.45, 7) is 3.40. The van der Waals surface area contributed by atoms with Crippen molar-refractivity contribution >= 4 is 0 Å². The first-order chi connectivity index (χ1) is 5.13. The summed E-state index contributed by atoms with van der Waals surface area (Å²) in [4.78, 5) is -0.0547. The molecule has 11 heavy (non-hydrogen) atoms. The topological polar surface area (TPSA) is 85.0 Å². The molecule has 0 saturated carbocycles. The van der Waals surface area contributed by atoms with Crippen molar-refractivity contribution in [3.63, 3.8) is 0 Å². The number of hydrazine groups is 1. The maximum absolute atomic E-state index is 10.6. The molecule has 0 aliphatic rings. The molecule has 0 atom stereocenters. The van der Waals surface area contributed by atoms with Gasteiger partial charge in [-0.25, -0.2) is 0 Å². The largest absolute Gasteiger partial charge is 0.737 e. The van der Waals surface area contributed by atoms with E-state index in [1.54, 1.807) is 13.8 Å². The monoisotopic (exact) mass is 162 g/mol. The van der Waals surface area contributed by atoms with Crippen LogP contribution in [0.15, 0.2) is 5.28 Å². The molecule has 6 nitrogen and oxygen atoms in total. The van der Waals surface area contributed by atoms with Gasteiger partial charge in [0.1, 0.15) is 6.54 Å². The van der Waals surface area contributed by atoms with Crippen LogP contribution in [0.5, 0.6) is 0 Å². The van der Waals surface area contributed by atoms with Gasteiger partial charge in [-0.05, 0) is 19.1 Å². The molecule has 0 unspecified atom stereocenters. The molecule has 0 rings (SSSR count). The average molecular weight is 162 g/mol. The van der Waals surface area contributed by atoms with Crippen LogP contribution in [-0.2, 0) is 0 Å². The highest BCUT2D eigenvalue weighted by Gasteiger charge is 2.14. The Balaban J connectivity index is 4.10. The minimum Gasteiger partial charge on any atom is -0.737 e. The molecule has 0 aromatic carbocycles. The molecule has 0 aliphatic heterocycles. The lowest BCUT2D eigenvalue weighted by Crippen LogP contribution is -2.38. The molecular weight excluding hydrogens is 150 g/mol. The van der Waals surface area contributed by atoms with Gasteiger partial charge in [-0.15, -0.1) is 5.01 Å². The number of aliphatic hydroxyl groups excluding tert-OH is 1. The lowest BCUT2D eigenvalue weighted by molar-refractivity contribution is -0.697. The third-order valence-corrected chi connectivity index (χ3v) is 1.21. The normalized spacial score (nSPS) is 12.2. The summed E-state index contributed by atoms with van der Waals surface area (Å²) in [5, 5.41) is 32.1. The Morgan fingerprint density at radius 1 is 1.64 bits per heavy atom. The Kier molecular flexibility index (Phi) is 4.28. The fourth-order valence-corrected chi connectivity index (χ4v) is 0.691. The standard InChI is InChI=1S/C5H13N3O3/c1-5(2)7(3-4-9)8(11)6-10/h5,9-10H,3-4H2,1-2H3/p-1/b8-6+. The van der Waals surface area contributed by atoms with E-state index in [0.717, 1.165) is 5.01 Å². The maximum atomic E-state index is 10.6. The van der Waals surface area contributed by atoms with Crippen LogP contribution in [0.2, 0.25) is 0 Å². The maximum Gasteiger partial charge on any atom is 0.100 e. The fraction of sp³-hybridized carbons (Fsp3) is 1.00. The van der Waals surface area contributed by atoms with E-state index in [1.165, 1.54) is 0 Å². The van der Waals surface area contributed by atoms with Crippen LogP contribution in [-0.4, -0.2) is 34.3 Å². The van der Waals surface area contributed by atoms with Gasteiger partial charge in [0.05, 0.1) is 12.6 Å². The van der Waals surface area contributed by atoms with Gasteiger partial charge in [0.25, 0.3) is 0 Å². The Bertz CT molecular complexity index is 137. The van der Waals surface area contributed by atoms with E-state index in [9.17, 15) is 10.4 Å². The van der Waals surface area contributed by atoms with Crippen LogP contribution in [0.4, 0.5) is 0 Å². The molecule has 0 saturated heterocycles. The predicted molar refractivity (Wildman–Crippen MR) is 38.4 cm³/mol. The zero-order valence-electron chi connectivity index (χ0n) is 6.60. The van der Waals surface area contributed by atoms with Crippen molar-refractivity contribution in [2.45, 2.75) is 19.9 Å². The summed E-state index contributed by atoms with van der Waals surface area (Å²) in [6.07, 6.45) is 0. The number of nitrogens with zero attached hydrogens (tertiary/aromatic N) is 3. The second-order valence-corrected chi connectivity index (χ2v) is 2.31. The Morgan fingerprint density at radius 2 is 2.18 bits per heavy atom. The van der Waals surface area contributed by atoms with E-state index in [1.807, 2.05) is 0 Å². The van der Waals surface area contributed by atoms with Gasteiger partial charge >= 0.3 is 0 Å². The fourth-order valence-electron chi connectivity index (χ4n) is 0.691. The van der Waals surface area contributed by atoms with Gasteiger partial charge in [0.15, 0.2) is 0 Å². The molecule has 0 heterocycles. The van der Waals surface area contributed by atoms with Crippen LogP contribution in [0.1, 0.15) is 13.8 Å². The van der Waals surface area contributed by atoms with Gasteiger partial charge < -0.3 is 15.5 Å². The van der Waals surface area contributed by atoms with E-state index in [2.05, 4.69) is 5.28 Å². The van der Waals surface area contributed by atoms with Gasteiger partial charge in [0, 0.05) is 4.97 Å². The molecule has 1 N–H and O–H groups in total. The number of hydrogen-bond acceptors (Lipinski definition) is 4. The van der Waals surface area contributed by atoms with Crippen molar-refractivity contribution in [3.05, 3.63) is 10.4 Å². The van der Waals surface area contributed by atoms with E-state index in [-0.39, 0.29) is 24.2 Å². The third-order valence-electron chi connectivity index (χ3n) is 1.21. The average Bonchev–Trinajstić information content (AvgIpc) is 1.98. The van der Waals surface area contributed by atoms with Crippen molar-refractivity contribution in [1.82, 2.24) is 5.01 Å². The zero-order chi connectivity index (χ0) is 8.85. The molecule has 0 spiro atoms. The van der Waals surface area contributed by atoms with E-state index in [0.29, 0.717) is 0 Å². The van der Waals surface area contributed by atoms with Gasteiger partial charge in [-0.2, -0.15) is 0 Å². The first kappa shape index (κ1) is 9.96. The van der Waals surface area contributed by atoms with Crippen LogP contribution in [0.3, 0.4) is 0 Å². The second-order valence-electron chi connectivity index (χ2n) is 2.31. The highest BCUT2D eigenvalue weighted by molar-refractivity contribution is 4.49. The molecule has 6 heteroatoms. The second kappa shape index (κ2) is 4.73. The minimum atomic E-state index is -0.174. The molecule has 66 valence electrons. The Labute approximate surface area is 64.9 Å². The number of hydrogen-bond donors (Lipinski definition) is 1. The van der Waals surface area contributed by atoms with Crippen molar-refractivity contribution in [3.8, 4) is 0 Å². The van der Waals surface area contributed by atoms with Crippen molar-refractivity contribution in [1.29, 1.82) is 0 Å². The van der Waals surface area contributed by atoms with Crippen LogP contribution >= 0.6 is 0 Å². The van der Waals surface area contributed by atoms with Gasteiger partial charge in [-0.1, -0.05) is 0 Å². The van der Waals surface area contributed by atoms with Crippen LogP contribution in [0, 0.1) is 10.4 Å². The van der Waals surface area contributed by atoms with Crippen molar-refractivity contribution < 1.29 is 10.1 Å². The summed E-state index contributed by atoms with van der Waals surface area (Å²) in [5.41, 5.74) is 0. The van der Waals surface area contributed by atoms with Crippen molar-refractivity contribution in [2.24, 2.45) is 5.28 Å². The molecule has 0 amide bonds. The molecule has 0 bridgehead atoms. The minimum absolute atomic E-state index is 0.0547. The van der Waals surface area contributed by atoms with Gasteiger partial charge in [0.2, 0.25) is 0 Å². The number of aliphatic hydroxyl groups is 1. The lowest BCUT2D eigenvalue weighted by Gasteiger charge is -2.21. The summed E-state index contributed by atoms with van der Waals surface area (Å²) in [5.74, 6) is 0. The van der Waals surface area contributed by atoms with Gasteiger partial charge in [-0.3, -0.25) is 0 Å². The molecule has 0 radical (unpaired) electrons. The summed E-state index contributed by atoms with van der Waals surface area (Å²) < 4.78 is 0. The van der Waals surface area contributed by atoms with Crippen LogP contribution < -0.4 is 0 Å². The van der Waals surface area contributed by atoms with E-state index >= 15 is 0 Å². The summed E-state index contributed by atoms with van der Waals surface area (Å²) in [7, 11) is 0. The SMILES string of the molecule is CC(C)N(CCO)/[N+]([O-])=N\[O-]. The summed E-state index contributed by atoms with van der Waals surface area (Å²) in [6, 6.07) is -0.141. The molecular formula is C5H12N3O3-. The Hall–Kier alpha value is -1.04. The highest BCUT2D eigenvalue weighted by atomic mass is 16.6. The molecule has 0 fully saturated rings. The predicted octanol–water partition coefficient (Wildman–Crippen LogP) is 0.0644. The van der Waals surface area contributed by atoms with E-state index in [4.69, 9.17) is 5.11 Å². The van der Waals surface area contributed by atoms with Crippen molar-refractivity contribution in [2.75, 3.05) is 13.2 Å². The zero-order valence-corrected chi connectivity index (χ0v) is 6.60. The molecule has 0 aromatic rings. The molecule has 0 aliphatic carbocycles. The first-order valence-electron chi connectivity index (χ1n) is 3.31. The first-order valence-corrected chi connectivity index (χ1v) is 3.31. The quantitative estimate of drug-likeness (QED) is 0.360.